The van der Waals surface area contributed by atoms with Crippen molar-refractivity contribution >= 4 is 17.5 Å². The zero-order chi connectivity index (χ0) is 16.5. The van der Waals surface area contributed by atoms with Gasteiger partial charge in [0.2, 0.25) is 11.8 Å². The number of hydrogen-bond acceptors (Lipinski definition) is 3. The Balaban J connectivity index is 2.74. The standard InChI is InChI=1S/C17H27N3O2/c1-5-12-19(13-16(21)18(3)4)14-17(22)20(6-2)15-10-8-7-9-11-15/h7-11H,5-6,12-14H2,1-4H3. The van der Waals surface area contributed by atoms with Crippen LogP contribution in [0, 0.1) is 0 Å². The van der Waals surface area contributed by atoms with E-state index in [0.29, 0.717) is 6.54 Å². The molecule has 0 bridgehead atoms. The normalized spacial score (nSPS) is 10.6. The van der Waals surface area contributed by atoms with Gasteiger partial charge in [0.1, 0.15) is 0 Å². The summed E-state index contributed by atoms with van der Waals surface area (Å²) >= 11 is 0. The topological polar surface area (TPSA) is 43.9 Å². The Morgan fingerprint density at radius 1 is 0.955 bits per heavy atom. The molecule has 0 radical (unpaired) electrons. The molecule has 0 fully saturated rings. The maximum Gasteiger partial charge on any atom is 0.241 e. The summed E-state index contributed by atoms with van der Waals surface area (Å²) in [5.74, 6) is 0.0396. The lowest BCUT2D eigenvalue weighted by Gasteiger charge is -2.27. The van der Waals surface area contributed by atoms with Crippen LogP contribution < -0.4 is 4.90 Å². The summed E-state index contributed by atoms with van der Waals surface area (Å²) in [5.41, 5.74) is 0.894. The van der Waals surface area contributed by atoms with E-state index in [9.17, 15) is 9.59 Å². The molecule has 1 aromatic rings. The summed E-state index contributed by atoms with van der Waals surface area (Å²) in [6, 6.07) is 9.63. The van der Waals surface area contributed by atoms with Gasteiger partial charge in [-0.3, -0.25) is 14.5 Å². The minimum absolute atomic E-state index is 0.0176. The molecule has 0 aliphatic rings. The van der Waals surface area contributed by atoms with E-state index in [1.54, 1.807) is 23.9 Å². The highest BCUT2D eigenvalue weighted by Gasteiger charge is 2.19. The van der Waals surface area contributed by atoms with Crippen LogP contribution in [-0.4, -0.2) is 61.9 Å². The molecule has 5 heteroatoms. The number of hydrogen-bond donors (Lipinski definition) is 0. The molecule has 0 aliphatic heterocycles. The molecule has 2 amide bonds. The molecular weight excluding hydrogens is 278 g/mol. The van der Waals surface area contributed by atoms with Crippen LogP contribution in [0.2, 0.25) is 0 Å². The van der Waals surface area contributed by atoms with Gasteiger partial charge in [-0.2, -0.15) is 0 Å². The van der Waals surface area contributed by atoms with E-state index in [1.165, 1.54) is 0 Å². The second kappa shape index (κ2) is 9.20. The fourth-order valence-corrected chi connectivity index (χ4v) is 2.25. The number of anilines is 1. The van der Waals surface area contributed by atoms with Crippen LogP contribution in [0.25, 0.3) is 0 Å². The number of rotatable bonds is 8. The van der Waals surface area contributed by atoms with E-state index in [4.69, 9.17) is 0 Å². The molecule has 1 aromatic carbocycles. The first-order valence-corrected chi connectivity index (χ1v) is 7.77. The minimum atomic E-state index is 0.0176. The smallest absolute Gasteiger partial charge is 0.241 e. The largest absolute Gasteiger partial charge is 0.348 e. The minimum Gasteiger partial charge on any atom is -0.348 e. The molecule has 0 saturated carbocycles. The molecule has 0 heterocycles. The van der Waals surface area contributed by atoms with Crippen LogP contribution in [0.1, 0.15) is 20.3 Å². The summed E-state index contributed by atoms with van der Waals surface area (Å²) in [4.78, 5) is 29.7. The van der Waals surface area contributed by atoms with E-state index in [-0.39, 0.29) is 24.9 Å². The van der Waals surface area contributed by atoms with Gasteiger partial charge in [-0.1, -0.05) is 25.1 Å². The number of amides is 2. The molecule has 0 spiro atoms. The molecule has 0 aliphatic carbocycles. The molecule has 122 valence electrons. The third kappa shape index (κ3) is 5.48. The summed E-state index contributed by atoms with van der Waals surface area (Å²) < 4.78 is 0. The van der Waals surface area contributed by atoms with Crippen molar-refractivity contribution in [3.63, 3.8) is 0 Å². The number of nitrogens with zero attached hydrogens (tertiary/aromatic N) is 3. The average molecular weight is 305 g/mol. The lowest BCUT2D eigenvalue weighted by atomic mass is 10.2. The number of carbonyl (C=O) groups excluding carboxylic acids is 2. The zero-order valence-corrected chi connectivity index (χ0v) is 14.1. The van der Waals surface area contributed by atoms with Crippen molar-refractivity contribution < 1.29 is 9.59 Å². The first kappa shape index (κ1) is 18.2. The fourth-order valence-electron chi connectivity index (χ4n) is 2.25. The molecule has 0 atom stereocenters. The molecule has 5 nitrogen and oxygen atoms in total. The Kier molecular flexibility index (Phi) is 7.60. The van der Waals surface area contributed by atoms with Crippen molar-refractivity contribution in [2.45, 2.75) is 20.3 Å². The Morgan fingerprint density at radius 2 is 1.55 bits per heavy atom. The van der Waals surface area contributed by atoms with Crippen LogP contribution in [0.4, 0.5) is 5.69 Å². The van der Waals surface area contributed by atoms with Crippen molar-refractivity contribution in [3.8, 4) is 0 Å². The van der Waals surface area contributed by atoms with Crippen molar-refractivity contribution in [3.05, 3.63) is 30.3 Å². The predicted molar refractivity (Wildman–Crippen MR) is 89.9 cm³/mol. The highest BCUT2D eigenvalue weighted by Crippen LogP contribution is 2.13. The van der Waals surface area contributed by atoms with E-state index in [0.717, 1.165) is 18.7 Å². The van der Waals surface area contributed by atoms with Gasteiger partial charge in [-0.25, -0.2) is 0 Å². The van der Waals surface area contributed by atoms with Gasteiger partial charge in [0, 0.05) is 26.3 Å². The van der Waals surface area contributed by atoms with Gasteiger partial charge >= 0.3 is 0 Å². The average Bonchev–Trinajstić information content (AvgIpc) is 2.49. The third-order valence-electron chi connectivity index (χ3n) is 3.44. The predicted octanol–water partition coefficient (Wildman–Crippen LogP) is 1.84. The number of para-hydroxylation sites is 1. The van der Waals surface area contributed by atoms with E-state index < -0.39 is 0 Å². The number of carbonyl (C=O) groups is 2. The van der Waals surface area contributed by atoms with Crippen molar-refractivity contribution in [1.29, 1.82) is 0 Å². The van der Waals surface area contributed by atoms with Crippen molar-refractivity contribution in [2.75, 3.05) is 45.2 Å². The molecule has 0 N–H and O–H groups in total. The maximum atomic E-state index is 12.6. The number of likely N-dealkylation sites (N-methyl/N-ethyl adjacent to an activating group) is 2. The van der Waals surface area contributed by atoms with Gasteiger partial charge < -0.3 is 9.80 Å². The zero-order valence-electron chi connectivity index (χ0n) is 14.1. The summed E-state index contributed by atoms with van der Waals surface area (Å²) in [7, 11) is 3.47. The Labute approximate surface area is 133 Å². The maximum absolute atomic E-state index is 12.6. The molecule has 1 rings (SSSR count). The van der Waals surface area contributed by atoms with Gasteiger partial charge in [-0.15, -0.1) is 0 Å². The first-order valence-electron chi connectivity index (χ1n) is 7.77. The highest BCUT2D eigenvalue weighted by atomic mass is 16.2. The van der Waals surface area contributed by atoms with E-state index in [1.807, 2.05) is 49.1 Å². The Morgan fingerprint density at radius 3 is 2.05 bits per heavy atom. The third-order valence-corrected chi connectivity index (χ3v) is 3.44. The van der Waals surface area contributed by atoms with E-state index >= 15 is 0 Å². The van der Waals surface area contributed by atoms with Crippen LogP contribution in [-0.2, 0) is 9.59 Å². The Hall–Kier alpha value is -1.88. The number of benzene rings is 1. The van der Waals surface area contributed by atoms with E-state index in [2.05, 4.69) is 0 Å². The van der Waals surface area contributed by atoms with Gasteiger partial charge in [0.25, 0.3) is 0 Å². The highest BCUT2D eigenvalue weighted by molar-refractivity contribution is 5.95. The monoisotopic (exact) mass is 305 g/mol. The SMILES string of the molecule is CCCN(CC(=O)N(C)C)CC(=O)N(CC)c1ccccc1. The summed E-state index contributed by atoms with van der Waals surface area (Å²) in [6.07, 6.45) is 0.908. The first-order chi connectivity index (χ1) is 10.5. The van der Waals surface area contributed by atoms with Crippen LogP contribution >= 0.6 is 0 Å². The van der Waals surface area contributed by atoms with Crippen molar-refractivity contribution in [2.24, 2.45) is 0 Å². The lowest BCUT2D eigenvalue weighted by Crippen LogP contribution is -2.44. The lowest BCUT2D eigenvalue weighted by molar-refractivity contribution is -0.130. The fraction of sp³-hybridized carbons (Fsp3) is 0.529. The van der Waals surface area contributed by atoms with Crippen LogP contribution in [0.15, 0.2) is 30.3 Å². The second-order valence-corrected chi connectivity index (χ2v) is 5.47. The molecule has 0 unspecified atom stereocenters. The van der Waals surface area contributed by atoms with Gasteiger partial charge in [0.15, 0.2) is 0 Å². The molecule has 22 heavy (non-hydrogen) atoms. The summed E-state index contributed by atoms with van der Waals surface area (Å²) in [5, 5.41) is 0. The quantitative estimate of drug-likeness (QED) is 0.736. The van der Waals surface area contributed by atoms with Crippen LogP contribution in [0.3, 0.4) is 0 Å². The molecule has 0 aromatic heterocycles. The van der Waals surface area contributed by atoms with Crippen molar-refractivity contribution in [1.82, 2.24) is 9.80 Å². The molecular formula is C17H27N3O2. The Bertz CT molecular complexity index is 474. The summed E-state index contributed by atoms with van der Waals surface area (Å²) in [6.45, 7) is 5.89. The second-order valence-electron chi connectivity index (χ2n) is 5.47. The molecule has 0 saturated heterocycles. The van der Waals surface area contributed by atoms with Gasteiger partial charge in [-0.05, 0) is 32.0 Å². The van der Waals surface area contributed by atoms with Gasteiger partial charge in [0.05, 0.1) is 13.1 Å². The van der Waals surface area contributed by atoms with Crippen LogP contribution in [0.5, 0.6) is 0 Å².